The van der Waals surface area contributed by atoms with Crippen LogP contribution in [0.4, 0.5) is 5.69 Å². The first-order valence-corrected chi connectivity index (χ1v) is 12.1. The number of ether oxygens (including phenoxy) is 1. The van der Waals surface area contributed by atoms with E-state index in [2.05, 4.69) is 15.6 Å². The lowest BCUT2D eigenvalue weighted by Gasteiger charge is -2.27. The Hall–Kier alpha value is -3.59. The summed E-state index contributed by atoms with van der Waals surface area (Å²) in [7, 11) is 1.89. The molecule has 0 aliphatic carbocycles. The van der Waals surface area contributed by atoms with Gasteiger partial charge in [0.1, 0.15) is 11.4 Å². The molecule has 4 aromatic rings. The predicted octanol–water partition coefficient (Wildman–Crippen LogP) is 4.97. The Morgan fingerprint density at radius 2 is 1.81 bits per heavy atom. The lowest BCUT2D eigenvalue weighted by molar-refractivity contribution is 0.0726. The Balaban J connectivity index is 1.28. The van der Waals surface area contributed by atoms with Gasteiger partial charge < -0.3 is 24.8 Å². The van der Waals surface area contributed by atoms with Crippen molar-refractivity contribution in [3.05, 3.63) is 82.1 Å². The monoisotopic (exact) mass is 523 g/mol. The highest BCUT2D eigenvalue weighted by Gasteiger charge is 2.21. The summed E-state index contributed by atoms with van der Waals surface area (Å²) in [5.74, 6) is 0.659. The minimum Gasteiger partial charge on any atom is -0.439 e. The minimum absolute atomic E-state index is 0.0258. The number of rotatable bonds is 5. The Bertz CT molecular complexity index is 1450. The number of piperazine rings is 1. The Labute approximate surface area is 217 Å². The van der Waals surface area contributed by atoms with E-state index in [4.69, 9.17) is 27.9 Å². The number of carbonyl (C=O) groups excluding carboxylic acids is 2. The first kappa shape index (κ1) is 24.1. The van der Waals surface area contributed by atoms with Gasteiger partial charge in [0, 0.05) is 55.8 Å². The van der Waals surface area contributed by atoms with Crippen LogP contribution in [0.5, 0.6) is 11.6 Å². The van der Waals surface area contributed by atoms with E-state index in [1.807, 2.05) is 40.8 Å². The Morgan fingerprint density at radius 1 is 1.00 bits per heavy atom. The molecule has 0 bridgehead atoms. The fraction of sp³-hybridized carbons (Fsp3) is 0.192. The average molecular weight is 524 g/mol. The Morgan fingerprint density at radius 3 is 2.53 bits per heavy atom. The summed E-state index contributed by atoms with van der Waals surface area (Å²) in [6.45, 7) is 3.01. The zero-order chi connectivity index (χ0) is 25.2. The van der Waals surface area contributed by atoms with Crippen LogP contribution in [-0.2, 0) is 7.05 Å². The van der Waals surface area contributed by atoms with Gasteiger partial charge in [-0.05, 0) is 48.5 Å². The maximum atomic E-state index is 13.0. The van der Waals surface area contributed by atoms with E-state index < -0.39 is 0 Å². The van der Waals surface area contributed by atoms with Crippen molar-refractivity contribution in [1.29, 1.82) is 0 Å². The van der Waals surface area contributed by atoms with Gasteiger partial charge in [-0.3, -0.25) is 9.59 Å². The van der Waals surface area contributed by atoms with Gasteiger partial charge >= 0.3 is 0 Å². The van der Waals surface area contributed by atoms with E-state index in [9.17, 15) is 9.59 Å². The lowest BCUT2D eigenvalue weighted by atomic mass is 10.2. The van der Waals surface area contributed by atoms with Crippen LogP contribution >= 0.6 is 23.2 Å². The molecule has 1 aliphatic rings. The maximum Gasteiger partial charge on any atom is 0.270 e. The molecule has 0 atom stereocenters. The number of nitrogens with one attached hydrogen (secondary N) is 2. The fourth-order valence-corrected chi connectivity index (χ4v) is 4.40. The van der Waals surface area contributed by atoms with Gasteiger partial charge in [-0.25, -0.2) is 4.98 Å². The highest BCUT2D eigenvalue weighted by molar-refractivity contribution is 6.42. The molecular formula is C26H23Cl2N5O3. The summed E-state index contributed by atoms with van der Waals surface area (Å²) in [6.07, 6.45) is 1.51. The number of benzene rings is 2. The summed E-state index contributed by atoms with van der Waals surface area (Å²) >= 11 is 11.9. The molecule has 5 rings (SSSR count). The largest absolute Gasteiger partial charge is 0.439 e. The van der Waals surface area contributed by atoms with Crippen LogP contribution < -0.4 is 15.4 Å². The first-order chi connectivity index (χ1) is 17.4. The van der Waals surface area contributed by atoms with Crippen molar-refractivity contribution in [1.82, 2.24) is 19.8 Å². The van der Waals surface area contributed by atoms with E-state index in [-0.39, 0.29) is 11.8 Å². The molecule has 0 radical (unpaired) electrons. The van der Waals surface area contributed by atoms with Gasteiger partial charge in [-0.1, -0.05) is 23.2 Å². The summed E-state index contributed by atoms with van der Waals surface area (Å²) < 4.78 is 7.83. The smallest absolute Gasteiger partial charge is 0.270 e. The second-order valence-electron chi connectivity index (χ2n) is 8.42. The number of aryl methyl sites for hydroxylation is 1. The molecule has 2 aromatic carbocycles. The molecule has 1 fully saturated rings. The average Bonchev–Trinajstić information content (AvgIpc) is 3.22. The van der Waals surface area contributed by atoms with Crippen molar-refractivity contribution in [2.24, 2.45) is 7.05 Å². The van der Waals surface area contributed by atoms with Crippen LogP contribution in [0.15, 0.2) is 60.8 Å². The number of fused-ring (bicyclic) bond motifs is 1. The second kappa shape index (κ2) is 10.2. The lowest BCUT2D eigenvalue weighted by Crippen LogP contribution is -2.46. The van der Waals surface area contributed by atoms with Crippen molar-refractivity contribution in [3.8, 4) is 11.6 Å². The minimum atomic E-state index is -0.329. The fourth-order valence-electron chi connectivity index (χ4n) is 4.10. The summed E-state index contributed by atoms with van der Waals surface area (Å²) in [5.41, 5.74) is 2.47. The third kappa shape index (κ3) is 5.02. The van der Waals surface area contributed by atoms with Crippen LogP contribution in [0.1, 0.15) is 20.8 Å². The number of pyridine rings is 1. The van der Waals surface area contributed by atoms with E-state index in [0.717, 1.165) is 24.0 Å². The van der Waals surface area contributed by atoms with Crippen molar-refractivity contribution in [2.75, 3.05) is 31.5 Å². The number of amides is 2. The third-order valence-corrected chi connectivity index (χ3v) is 6.77. The molecule has 1 saturated heterocycles. The molecule has 2 amide bonds. The van der Waals surface area contributed by atoms with Gasteiger partial charge in [0.25, 0.3) is 11.8 Å². The topological polar surface area (TPSA) is 88.5 Å². The zero-order valence-electron chi connectivity index (χ0n) is 19.4. The molecule has 0 saturated carbocycles. The van der Waals surface area contributed by atoms with Gasteiger partial charge in [-0.15, -0.1) is 0 Å². The molecule has 184 valence electrons. The molecular weight excluding hydrogens is 501 g/mol. The third-order valence-electron chi connectivity index (χ3n) is 6.04. The number of hydrogen-bond acceptors (Lipinski definition) is 5. The second-order valence-corrected chi connectivity index (χ2v) is 9.24. The van der Waals surface area contributed by atoms with Crippen LogP contribution in [0.2, 0.25) is 10.0 Å². The zero-order valence-corrected chi connectivity index (χ0v) is 20.9. The van der Waals surface area contributed by atoms with E-state index in [1.165, 1.54) is 12.3 Å². The number of anilines is 1. The number of aromatic nitrogens is 2. The molecule has 8 nitrogen and oxygen atoms in total. The molecule has 3 heterocycles. The molecule has 0 unspecified atom stereocenters. The van der Waals surface area contributed by atoms with E-state index >= 15 is 0 Å². The molecule has 2 N–H and O–H groups in total. The van der Waals surface area contributed by atoms with Crippen molar-refractivity contribution in [3.63, 3.8) is 0 Å². The standard InChI is InChI=1S/C26H23Cl2N5O3/c1-32-22-6-4-19(12-17(22)14-23(32)26(35)33-10-8-29-9-11-33)36-24-7-3-18(15-30-24)31-25(34)16-2-5-20(27)21(28)13-16/h2-7,12-15,29H,8-11H2,1H3,(H,31,34). The highest BCUT2D eigenvalue weighted by Crippen LogP contribution is 2.28. The van der Waals surface area contributed by atoms with Crippen molar-refractivity contribution >= 4 is 51.6 Å². The summed E-state index contributed by atoms with van der Waals surface area (Å²) in [5, 5.41) is 7.62. The maximum absolute atomic E-state index is 13.0. The van der Waals surface area contributed by atoms with E-state index in [1.54, 1.807) is 24.3 Å². The number of nitrogens with zero attached hydrogens (tertiary/aromatic N) is 3. The normalized spacial score (nSPS) is 13.6. The number of carbonyl (C=O) groups is 2. The quantitative estimate of drug-likeness (QED) is 0.385. The molecule has 36 heavy (non-hydrogen) atoms. The van der Waals surface area contributed by atoms with Gasteiger partial charge in [0.15, 0.2) is 0 Å². The molecule has 10 heteroatoms. The molecule has 1 aliphatic heterocycles. The van der Waals surface area contributed by atoms with Gasteiger partial charge in [0.2, 0.25) is 5.88 Å². The van der Waals surface area contributed by atoms with Crippen LogP contribution in [0, 0.1) is 0 Å². The predicted molar refractivity (Wildman–Crippen MR) is 140 cm³/mol. The van der Waals surface area contributed by atoms with Crippen LogP contribution in [0.25, 0.3) is 10.9 Å². The van der Waals surface area contributed by atoms with Crippen LogP contribution in [0.3, 0.4) is 0 Å². The number of hydrogen-bond donors (Lipinski definition) is 2. The SMILES string of the molecule is Cn1c(C(=O)N2CCNCC2)cc2cc(Oc3ccc(NC(=O)c4ccc(Cl)c(Cl)c4)cn3)ccc21. The highest BCUT2D eigenvalue weighted by atomic mass is 35.5. The first-order valence-electron chi connectivity index (χ1n) is 11.4. The number of halogens is 2. The van der Waals surface area contributed by atoms with Crippen molar-refractivity contribution in [2.45, 2.75) is 0 Å². The van der Waals surface area contributed by atoms with Crippen molar-refractivity contribution < 1.29 is 14.3 Å². The van der Waals surface area contributed by atoms with Crippen LogP contribution in [-0.4, -0.2) is 52.4 Å². The molecule has 2 aromatic heterocycles. The van der Waals surface area contributed by atoms with Gasteiger partial charge in [-0.2, -0.15) is 0 Å². The summed E-state index contributed by atoms with van der Waals surface area (Å²) in [6, 6.07) is 15.6. The Kier molecular flexibility index (Phi) is 6.82. The summed E-state index contributed by atoms with van der Waals surface area (Å²) in [4.78, 5) is 31.6. The molecule has 0 spiro atoms. The van der Waals surface area contributed by atoms with E-state index in [0.29, 0.717) is 51.7 Å². The van der Waals surface area contributed by atoms with Gasteiger partial charge in [0.05, 0.1) is 21.9 Å².